The molecule has 1 aliphatic heterocycles. The van der Waals surface area contributed by atoms with Gasteiger partial charge in [0, 0.05) is 13.5 Å². The summed E-state index contributed by atoms with van der Waals surface area (Å²) in [6.07, 6.45) is 0.614. The van der Waals surface area contributed by atoms with E-state index in [2.05, 4.69) is 5.32 Å². The zero-order valence-corrected chi connectivity index (χ0v) is 11.3. The van der Waals surface area contributed by atoms with Crippen LogP contribution in [-0.4, -0.2) is 20.9 Å². The van der Waals surface area contributed by atoms with Crippen LogP contribution in [0.4, 0.5) is 0 Å². The fourth-order valence-corrected chi connectivity index (χ4v) is 2.71. The number of carbonyl (C=O) groups excluding carboxylic acids is 2. The Hall–Kier alpha value is -2.37. The van der Waals surface area contributed by atoms with Crippen molar-refractivity contribution in [3.8, 4) is 0 Å². The average molecular weight is 273 g/mol. The predicted octanol–water partition coefficient (Wildman–Crippen LogP) is 0.626. The van der Waals surface area contributed by atoms with Gasteiger partial charge in [0.05, 0.1) is 11.0 Å². The zero-order chi connectivity index (χ0) is 14.4. The maximum atomic E-state index is 12.4. The highest BCUT2D eigenvalue weighted by molar-refractivity contribution is 6.00. The Kier molecular flexibility index (Phi) is 2.74. The van der Waals surface area contributed by atoms with E-state index >= 15 is 0 Å². The lowest BCUT2D eigenvalue weighted by Gasteiger charge is -2.21. The van der Waals surface area contributed by atoms with Gasteiger partial charge in [-0.1, -0.05) is 6.07 Å². The standard InChI is InChI=1S/C14H15N3O3/c1-8-3-4-9-11(7-8)17(14(20)16(9)2)10-5-6-12(18)15-13(10)19/h3-4,7,10H,5-6H2,1-2H3,(H,15,18,19). The second kappa shape index (κ2) is 4.33. The molecule has 1 aromatic heterocycles. The van der Waals surface area contributed by atoms with E-state index in [-0.39, 0.29) is 18.0 Å². The first-order valence-corrected chi connectivity index (χ1v) is 6.50. The van der Waals surface area contributed by atoms with Gasteiger partial charge in [-0.25, -0.2) is 4.79 Å². The fraction of sp³-hybridized carbons (Fsp3) is 0.357. The molecule has 2 amide bonds. The number of nitrogens with one attached hydrogen (secondary N) is 1. The first kappa shape index (κ1) is 12.7. The van der Waals surface area contributed by atoms with Gasteiger partial charge in [0.2, 0.25) is 11.8 Å². The third-order valence-electron chi connectivity index (χ3n) is 3.77. The number of piperidine rings is 1. The van der Waals surface area contributed by atoms with E-state index in [4.69, 9.17) is 0 Å². The van der Waals surface area contributed by atoms with E-state index in [1.165, 1.54) is 9.13 Å². The van der Waals surface area contributed by atoms with Gasteiger partial charge in [-0.3, -0.25) is 24.0 Å². The number of rotatable bonds is 1. The average Bonchev–Trinajstić information content (AvgIpc) is 2.63. The van der Waals surface area contributed by atoms with Crippen molar-refractivity contribution in [1.82, 2.24) is 14.5 Å². The molecule has 0 spiro atoms. The van der Waals surface area contributed by atoms with Crippen LogP contribution < -0.4 is 11.0 Å². The fourth-order valence-electron chi connectivity index (χ4n) is 2.71. The van der Waals surface area contributed by atoms with Gasteiger partial charge in [0.25, 0.3) is 0 Å². The molecule has 2 aromatic rings. The lowest BCUT2D eigenvalue weighted by molar-refractivity contribution is -0.135. The third-order valence-corrected chi connectivity index (χ3v) is 3.77. The van der Waals surface area contributed by atoms with Crippen molar-refractivity contribution in [2.24, 2.45) is 7.05 Å². The monoisotopic (exact) mass is 273 g/mol. The van der Waals surface area contributed by atoms with Crippen LogP contribution in [0, 0.1) is 6.92 Å². The van der Waals surface area contributed by atoms with E-state index in [9.17, 15) is 14.4 Å². The Bertz CT molecular complexity index is 785. The Labute approximate surface area is 115 Å². The Morgan fingerprint density at radius 3 is 2.65 bits per heavy atom. The molecule has 1 fully saturated rings. The third kappa shape index (κ3) is 1.76. The van der Waals surface area contributed by atoms with Crippen LogP contribution in [0.1, 0.15) is 24.4 Å². The molecule has 6 nitrogen and oxygen atoms in total. The van der Waals surface area contributed by atoms with E-state index in [1.54, 1.807) is 7.05 Å². The largest absolute Gasteiger partial charge is 0.329 e. The number of imidazole rings is 1. The summed E-state index contributed by atoms with van der Waals surface area (Å²) in [4.78, 5) is 35.6. The Morgan fingerprint density at radius 2 is 1.95 bits per heavy atom. The van der Waals surface area contributed by atoms with Crippen molar-refractivity contribution >= 4 is 22.8 Å². The summed E-state index contributed by atoms with van der Waals surface area (Å²) in [5.41, 5.74) is 2.29. The molecular weight excluding hydrogens is 258 g/mol. The highest BCUT2D eigenvalue weighted by Crippen LogP contribution is 2.23. The molecule has 0 bridgehead atoms. The molecule has 1 aliphatic rings. The molecule has 0 radical (unpaired) electrons. The minimum absolute atomic E-state index is 0.236. The lowest BCUT2D eigenvalue weighted by Crippen LogP contribution is -2.44. The second-order valence-electron chi connectivity index (χ2n) is 5.17. The summed E-state index contributed by atoms with van der Waals surface area (Å²) in [7, 11) is 1.68. The number of hydrogen-bond donors (Lipinski definition) is 1. The van der Waals surface area contributed by atoms with Crippen molar-refractivity contribution in [1.29, 1.82) is 0 Å². The molecule has 1 unspecified atom stereocenters. The molecule has 0 saturated carbocycles. The molecule has 0 aliphatic carbocycles. The van der Waals surface area contributed by atoms with Crippen molar-refractivity contribution < 1.29 is 9.59 Å². The number of aromatic nitrogens is 2. The molecule has 6 heteroatoms. The van der Waals surface area contributed by atoms with Crippen LogP contribution in [0.25, 0.3) is 11.0 Å². The number of benzene rings is 1. The van der Waals surface area contributed by atoms with Crippen LogP contribution >= 0.6 is 0 Å². The number of nitrogens with zero attached hydrogens (tertiary/aromatic N) is 2. The highest BCUT2D eigenvalue weighted by atomic mass is 16.2. The van der Waals surface area contributed by atoms with Gasteiger partial charge < -0.3 is 0 Å². The lowest BCUT2D eigenvalue weighted by atomic mass is 10.1. The molecule has 2 heterocycles. The molecule has 20 heavy (non-hydrogen) atoms. The summed E-state index contributed by atoms with van der Waals surface area (Å²) >= 11 is 0. The van der Waals surface area contributed by atoms with Crippen molar-refractivity contribution in [3.05, 3.63) is 34.2 Å². The molecule has 104 valence electrons. The van der Waals surface area contributed by atoms with E-state index < -0.39 is 11.9 Å². The molecule has 1 atom stereocenters. The van der Waals surface area contributed by atoms with Gasteiger partial charge in [-0.15, -0.1) is 0 Å². The van der Waals surface area contributed by atoms with Gasteiger partial charge in [0.15, 0.2) is 0 Å². The number of aryl methyl sites for hydroxylation is 2. The maximum absolute atomic E-state index is 12.4. The van der Waals surface area contributed by atoms with Gasteiger partial charge in [-0.2, -0.15) is 0 Å². The van der Waals surface area contributed by atoms with Crippen LogP contribution in [0.5, 0.6) is 0 Å². The predicted molar refractivity (Wildman–Crippen MR) is 73.3 cm³/mol. The number of imide groups is 1. The molecule has 3 rings (SSSR count). The zero-order valence-electron chi connectivity index (χ0n) is 11.3. The summed E-state index contributed by atoms with van der Waals surface area (Å²) in [5.74, 6) is -0.687. The van der Waals surface area contributed by atoms with Gasteiger partial charge >= 0.3 is 5.69 Å². The molecule has 1 N–H and O–H groups in total. The first-order valence-electron chi connectivity index (χ1n) is 6.50. The normalized spacial score (nSPS) is 19.4. The SMILES string of the molecule is Cc1ccc2c(c1)n(C1CCC(=O)NC1=O)c(=O)n2C. The summed E-state index contributed by atoms with van der Waals surface area (Å²) < 4.78 is 3.02. The van der Waals surface area contributed by atoms with Gasteiger partial charge in [0.1, 0.15) is 6.04 Å². The molecule has 1 aromatic carbocycles. The minimum atomic E-state index is -0.620. The van der Waals surface area contributed by atoms with Crippen LogP contribution in [0.3, 0.4) is 0 Å². The smallest absolute Gasteiger partial charge is 0.295 e. The summed E-state index contributed by atoms with van der Waals surface area (Å²) in [6.45, 7) is 1.94. The van der Waals surface area contributed by atoms with Crippen molar-refractivity contribution in [2.45, 2.75) is 25.8 Å². The molecule has 1 saturated heterocycles. The Balaban J connectivity index is 2.23. The van der Waals surface area contributed by atoms with Crippen LogP contribution in [0.2, 0.25) is 0 Å². The number of hydrogen-bond acceptors (Lipinski definition) is 3. The van der Waals surface area contributed by atoms with E-state index in [1.807, 2.05) is 25.1 Å². The van der Waals surface area contributed by atoms with Crippen molar-refractivity contribution in [3.63, 3.8) is 0 Å². The first-order chi connectivity index (χ1) is 9.49. The summed E-state index contributed by atoms with van der Waals surface area (Å²) in [5, 5.41) is 2.30. The number of amides is 2. The topological polar surface area (TPSA) is 73.1 Å². The second-order valence-corrected chi connectivity index (χ2v) is 5.17. The summed E-state index contributed by atoms with van der Waals surface area (Å²) in [6, 6.07) is 5.07. The van der Waals surface area contributed by atoms with Crippen LogP contribution in [0.15, 0.2) is 23.0 Å². The van der Waals surface area contributed by atoms with Crippen LogP contribution in [-0.2, 0) is 16.6 Å². The number of carbonyl (C=O) groups is 2. The quantitative estimate of drug-likeness (QED) is 0.774. The number of fused-ring (bicyclic) bond motifs is 1. The van der Waals surface area contributed by atoms with E-state index in [0.29, 0.717) is 6.42 Å². The highest BCUT2D eigenvalue weighted by Gasteiger charge is 2.31. The van der Waals surface area contributed by atoms with Gasteiger partial charge in [-0.05, 0) is 31.0 Å². The van der Waals surface area contributed by atoms with E-state index in [0.717, 1.165) is 16.6 Å². The molecular formula is C14H15N3O3. The Morgan fingerprint density at radius 1 is 1.20 bits per heavy atom. The minimum Gasteiger partial charge on any atom is -0.295 e. The van der Waals surface area contributed by atoms with Crippen molar-refractivity contribution in [2.75, 3.05) is 0 Å². The maximum Gasteiger partial charge on any atom is 0.329 e.